The molecule has 0 spiro atoms. The van der Waals surface area contributed by atoms with Crippen molar-refractivity contribution in [3.8, 4) is 11.8 Å². The predicted molar refractivity (Wildman–Crippen MR) is 61.2 cm³/mol. The van der Waals surface area contributed by atoms with E-state index in [0.29, 0.717) is 0 Å². The summed E-state index contributed by atoms with van der Waals surface area (Å²) in [5.41, 5.74) is -0.889. The van der Waals surface area contributed by atoms with Gasteiger partial charge in [-0.1, -0.05) is 5.92 Å². The van der Waals surface area contributed by atoms with Crippen LogP contribution in [-0.2, 0) is 14.3 Å². The van der Waals surface area contributed by atoms with Gasteiger partial charge in [-0.05, 0) is 19.1 Å². The molecule has 0 heterocycles. The normalized spacial score (nSPS) is 9.26. The van der Waals surface area contributed by atoms with Gasteiger partial charge in [-0.15, -0.1) is 0 Å². The van der Waals surface area contributed by atoms with Crippen molar-refractivity contribution in [2.24, 2.45) is 0 Å². The van der Waals surface area contributed by atoms with Crippen molar-refractivity contribution >= 4 is 11.9 Å². The van der Waals surface area contributed by atoms with Gasteiger partial charge in [-0.3, -0.25) is 0 Å². The maximum atomic E-state index is 13.5. The first-order valence-electron chi connectivity index (χ1n) is 5.25. The number of carbonyl (C=O) groups is 2. The van der Waals surface area contributed by atoms with Crippen LogP contribution in [0.2, 0.25) is 0 Å². The van der Waals surface area contributed by atoms with Gasteiger partial charge in [0.05, 0.1) is 13.7 Å². The summed E-state index contributed by atoms with van der Waals surface area (Å²) in [7, 11) is 1.01. The molecule has 1 aromatic rings. The number of hydrogen-bond acceptors (Lipinski definition) is 4. The van der Waals surface area contributed by atoms with Crippen molar-refractivity contribution in [1.29, 1.82) is 0 Å². The summed E-state index contributed by atoms with van der Waals surface area (Å²) < 4.78 is 35.8. The van der Waals surface area contributed by atoms with E-state index >= 15 is 0 Å². The Labute approximate surface area is 108 Å². The molecule has 0 aliphatic heterocycles. The zero-order chi connectivity index (χ0) is 14.4. The summed E-state index contributed by atoms with van der Waals surface area (Å²) in [6, 6.07) is 1.67. The van der Waals surface area contributed by atoms with Gasteiger partial charge >= 0.3 is 11.9 Å². The zero-order valence-electron chi connectivity index (χ0n) is 10.3. The number of esters is 2. The molecule has 0 N–H and O–H groups in total. The quantitative estimate of drug-likeness (QED) is 0.604. The molecule has 0 aromatic heterocycles. The first-order valence-corrected chi connectivity index (χ1v) is 5.25. The van der Waals surface area contributed by atoms with E-state index in [0.717, 1.165) is 19.2 Å². The molecule has 0 unspecified atom stereocenters. The lowest BCUT2D eigenvalue weighted by molar-refractivity contribution is -0.136. The first kappa shape index (κ1) is 14.6. The SMILES string of the molecule is CCOC(=O)C#Cc1cc(F)c(C(=O)OC)c(F)c1. The third kappa shape index (κ3) is 3.78. The molecule has 100 valence electrons. The van der Waals surface area contributed by atoms with Crippen LogP contribution in [0.4, 0.5) is 8.78 Å². The van der Waals surface area contributed by atoms with Crippen LogP contribution in [0.25, 0.3) is 0 Å². The fourth-order valence-corrected chi connectivity index (χ4v) is 1.23. The van der Waals surface area contributed by atoms with Gasteiger partial charge in [-0.25, -0.2) is 18.4 Å². The van der Waals surface area contributed by atoms with Crippen LogP contribution >= 0.6 is 0 Å². The summed E-state index contributed by atoms with van der Waals surface area (Å²) in [5.74, 6) is 0.142. The number of carbonyl (C=O) groups excluding carboxylic acids is 2. The lowest BCUT2D eigenvalue weighted by Crippen LogP contribution is -2.08. The smallest absolute Gasteiger partial charge is 0.384 e. The maximum Gasteiger partial charge on any atom is 0.384 e. The molecule has 0 aliphatic carbocycles. The highest BCUT2D eigenvalue weighted by molar-refractivity contribution is 5.91. The van der Waals surface area contributed by atoms with Crippen LogP contribution in [0.3, 0.4) is 0 Å². The van der Waals surface area contributed by atoms with Crippen molar-refractivity contribution in [2.75, 3.05) is 13.7 Å². The van der Waals surface area contributed by atoms with E-state index in [9.17, 15) is 18.4 Å². The molecule has 0 saturated carbocycles. The minimum absolute atomic E-state index is 0.0873. The largest absolute Gasteiger partial charge is 0.465 e. The second kappa shape index (κ2) is 6.50. The van der Waals surface area contributed by atoms with Gasteiger partial charge in [0.25, 0.3) is 0 Å². The highest BCUT2D eigenvalue weighted by Crippen LogP contribution is 2.15. The Morgan fingerprint density at radius 3 is 2.32 bits per heavy atom. The van der Waals surface area contributed by atoms with E-state index in [1.807, 2.05) is 0 Å². The Bertz CT molecular complexity index is 547. The summed E-state index contributed by atoms with van der Waals surface area (Å²) in [6.07, 6.45) is 0. The van der Waals surface area contributed by atoms with Crippen molar-refractivity contribution in [3.05, 3.63) is 34.9 Å². The molecule has 0 bridgehead atoms. The third-order valence-corrected chi connectivity index (χ3v) is 2.02. The first-order chi connectivity index (χ1) is 8.99. The summed E-state index contributed by atoms with van der Waals surface area (Å²) in [4.78, 5) is 22.1. The Hall–Kier alpha value is -2.42. The van der Waals surface area contributed by atoms with Gasteiger partial charge in [0.1, 0.15) is 17.2 Å². The average molecular weight is 268 g/mol. The Morgan fingerprint density at radius 2 is 1.84 bits per heavy atom. The van der Waals surface area contributed by atoms with Crippen LogP contribution in [0.5, 0.6) is 0 Å². The highest BCUT2D eigenvalue weighted by atomic mass is 19.1. The lowest BCUT2D eigenvalue weighted by atomic mass is 10.1. The third-order valence-electron chi connectivity index (χ3n) is 2.02. The van der Waals surface area contributed by atoms with E-state index in [4.69, 9.17) is 0 Å². The summed E-state index contributed by atoms with van der Waals surface area (Å²) in [6.45, 7) is 1.75. The predicted octanol–water partition coefficient (Wildman–Crippen LogP) is 1.67. The van der Waals surface area contributed by atoms with Gasteiger partial charge in [0, 0.05) is 11.5 Å². The monoisotopic (exact) mass is 268 g/mol. The number of rotatable bonds is 2. The number of hydrogen-bond donors (Lipinski definition) is 0. The molecule has 0 amide bonds. The van der Waals surface area contributed by atoms with Gasteiger partial charge < -0.3 is 9.47 Å². The van der Waals surface area contributed by atoms with Crippen LogP contribution < -0.4 is 0 Å². The molecule has 0 fully saturated rings. The second-order valence-corrected chi connectivity index (χ2v) is 3.28. The molecule has 0 radical (unpaired) electrons. The molecule has 1 aromatic carbocycles. The molecule has 4 nitrogen and oxygen atoms in total. The fraction of sp³-hybridized carbons (Fsp3) is 0.231. The van der Waals surface area contributed by atoms with Crippen molar-refractivity contribution in [2.45, 2.75) is 6.92 Å². The molecular weight excluding hydrogens is 258 g/mol. The lowest BCUT2D eigenvalue weighted by Gasteiger charge is -2.03. The topological polar surface area (TPSA) is 52.6 Å². The average Bonchev–Trinajstić information content (AvgIpc) is 2.35. The zero-order valence-corrected chi connectivity index (χ0v) is 10.3. The highest BCUT2D eigenvalue weighted by Gasteiger charge is 2.18. The minimum atomic E-state index is -1.13. The summed E-state index contributed by atoms with van der Waals surface area (Å²) in [5, 5.41) is 0. The molecule has 0 aliphatic rings. The van der Waals surface area contributed by atoms with Gasteiger partial charge in [-0.2, -0.15) is 0 Å². The minimum Gasteiger partial charge on any atom is -0.465 e. The molecule has 1 rings (SSSR count). The molecular formula is C13H10F2O4. The van der Waals surface area contributed by atoms with E-state index in [-0.39, 0.29) is 12.2 Å². The number of methoxy groups -OCH3 is 1. The van der Waals surface area contributed by atoms with Crippen LogP contribution in [0, 0.1) is 23.5 Å². The fourth-order valence-electron chi connectivity index (χ4n) is 1.23. The number of ether oxygens (including phenoxy) is 2. The van der Waals surface area contributed by atoms with Gasteiger partial charge in [0.15, 0.2) is 0 Å². The van der Waals surface area contributed by atoms with E-state index in [2.05, 4.69) is 21.3 Å². The van der Waals surface area contributed by atoms with Crippen molar-refractivity contribution in [1.82, 2.24) is 0 Å². The molecule has 0 atom stereocenters. The van der Waals surface area contributed by atoms with Crippen molar-refractivity contribution in [3.63, 3.8) is 0 Å². The Balaban J connectivity index is 3.08. The van der Waals surface area contributed by atoms with Crippen LogP contribution in [0.15, 0.2) is 12.1 Å². The Morgan fingerprint density at radius 1 is 1.26 bits per heavy atom. The molecule has 6 heteroatoms. The summed E-state index contributed by atoms with van der Waals surface area (Å²) >= 11 is 0. The number of benzene rings is 1. The van der Waals surface area contributed by atoms with E-state index < -0.39 is 29.1 Å². The second-order valence-electron chi connectivity index (χ2n) is 3.28. The molecule has 19 heavy (non-hydrogen) atoms. The van der Waals surface area contributed by atoms with Crippen LogP contribution in [0.1, 0.15) is 22.8 Å². The molecule has 0 saturated heterocycles. The van der Waals surface area contributed by atoms with E-state index in [1.165, 1.54) is 0 Å². The van der Waals surface area contributed by atoms with Gasteiger partial charge in [0.2, 0.25) is 0 Å². The van der Waals surface area contributed by atoms with Crippen LogP contribution in [-0.4, -0.2) is 25.7 Å². The maximum absolute atomic E-state index is 13.5. The van der Waals surface area contributed by atoms with Crippen molar-refractivity contribution < 1.29 is 27.8 Å². The number of halogens is 2. The Kier molecular flexibility index (Phi) is 5.01. The van der Waals surface area contributed by atoms with E-state index in [1.54, 1.807) is 6.92 Å². The standard InChI is InChI=1S/C13H10F2O4/c1-3-19-11(16)5-4-8-6-9(14)12(10(15)7-8)13(17)18-2/h6-7H,3H2,1-2H3.